The topological polar surface area (TPSA) is 261 Å². The highest BCUT2D eigenvalue weighted by atomic mass is 35.5. The number of imidazole rings is 1. The molecule has 0 aliphatic carbocycles. The highest BCUT2D eigenvalue weighted by molar-refractivity contribution is 7.70. The summed E-state index contributed by atoms with van der Waals surface area (Å²) in [6, 6.07) is 0. The average molecular weight is 575 g/mol. The molecule has 2 unspecified atom stereocenters. The number of aromatic amines is 1. The molecule has 0 radical (unpaired) electrons. The molecule has 1 amide bonds. The lowest BCUT2D eigenvalue weighted by atomic mass is 10.1. The molecule has 36 heavy (non-hydrogen) atoms. The minimum atomic E-state index is -4.71. The number of anilines is 1. The summed E-state index contributed by atoms with van der Waals surface area (Å²) in [5.41, 5.74) is 4.76. The monoisotopic (exact) mass is 574 g/mol. The second kappa shape index (κ2) is 11.6. The fourth-order valence-electron chi connectivity index (χ4n) is 3.28. The van der Waals surface area contributed by atoms with E-state index in [4.69, 9.17) is 31.1 Å². The van der Waals surface area contributed by atoms with Gasteiger partial charge in [0, 0.05) is 6.54 Å². The predicted octanol–water partition coefficient (Wildman–Crippen LogP) is -1.57. The standard InChI is InChI=1S/C16H25ClN6O11P2/c17-4-9(24)19-2-1-3-32-35(28,29)7-36(30,31)33-5-8-11(25)12(26)15(34-8)23-6-20-10-13(23)21-16(18)22-14(10)27/h6,8,11-12,15,25-26H,1-5,7H2,(H,19,24)(H,28,29)(H,30,31)(H3,18,21,22,27)/t8-,11-,12-,15-/m1/s1. The van der Waals surface area contributed by atoms with Crippen molar-refractivity contribution in [3.8, 4) is 0 Å². The Hall–Kier alpha value is -1.91. The average Bonchev–Trinajstić information content (AvgIpc) is 3.32. The number of amides is 1. The van der Waals surface area contributed by atoms with Crippen molar-refractivity contribution in [2.75, 3.05) is 37.3 Å². The molecule has 1 aliphatic heterocycles. The van der Waals surface area contributed by atoms with Gasteiger partial charge in [-0.05, 0) is 6.42 Å². The maximum Gasteiger partial charge on any atom is 0.340 e. The first-order valence-corrected chi connectivity index (χ1v) is 14.4. The number of ether oxygens (including phenoxy) is 1. The number of hydrogen-bond acceptors (Lipinski definition) is 12. The van der Waals surface area contributed by atoms with E-state index < -0.39 is 63.7 Å². The molecule has 17 nitrogen and oxygen atoms in total. The van der Waals surface area contributed by atoms with Crippen molar-refractivity contribution in [2.24, 2.45) is 0 Å². The summed E-state index contributed by atoms with van der Waals surface area (Å²) in [7, 11) is -9.27. The zero-order valence-electron chi connectivity index (χ0n) is 18.5. The number of nitrogens with two attached hydrogens (primary N) is 1. The normalized spacial score (nSPS) is 25.5. The van der Waals surface area contributed by atoms with Gasteiger partial charge in [-0.15, -0.1) is 11.6 Å². The van der Waals surface area contributed by atoms with Gasteiger partial charge in [0.25, 0.3) is 5.56 Å². The summed E-state index contributed by atoms with van der Waals surface area (Å²) in [5.74, 6) is -2.15. The maximum absolute atomic E-state index is 12.3. The lowest BCUT2D eigenvalue weighted by Crippen LogP contribution is -2.33. The number of alkyl halides is 1. The van der Waals surface area contributed by atoms with Gasteiger partial charge in [-0.1, -0.05) is 0 Å². The summed E-state index contributed by atoms with van der Waals surface area (Å²) >= 11 is 5.31. The number of H-pyrrole nitrogens is 1. The Bertz CT molecular complexity index is 1240. The second-order valence-electron chi connectivity index (χ2n) is 7.70. The molecule has 20 heteroatoms. The Kier molecular flexibility index (Phi) is 9.27. The molecule has 3 rings (SSSR count). The number of aromatic nitrogens is 4. The Morgan fingerprint density at radius 1 is 1.28 bits per heavy atom. The first-order chi connectivity index (χ1) is 16.8. The van der Waals surface area contributed by atoms with Gasteiger partial charge < -0.3 is 44.8 Å². The van der Waals surface area contributed by atoms with Crippen molar-refractivity contribution in [1.29, 1.82) is 0 Å². The first kappa shape index (κ1) is 28.7. The van der Waals surface area contributed by atoms with Crippen LogP contribution in [-0.4, -0.2) is 95.3 Å². The molecular weight excluding hydrogens is 550 g/mol. The Morgan fingerprint density at radius 3 is 2.67 bits per heavy atom. The fraction of sp³-hybridized carbons (Fsp3) is 0.625. The quantitative estimate of drug-likeness (QED) is 0.0857. The van der Waals surface area contributed by atoms with Gasteiger partial charge in [-0.2, -0.15) is 4.98 Å². The highest BCUT2D eigenvalue weighted by Gasteiger charge is 2.46. The van der Waals surface area contributed by atoms with Gasteiger partial charge in [-0.25, -0.2) is 4.98 Å². The van der Waals surface area contributed by atoms with E-state index in [-0.39, 0.29) is 42.6 Å². The molecule has 1 fully saturated rings. The van der Waals surface area contributed by atoms with Crippen molar-refractivity contribution < 1.29 is 47.7 Å². The lowest BCUT2D eigenvalue weighted by molar-refractivity contribution is -0.118. The Balaban J connectivity index is 1.56. The number of nitrogens with zero attached hydrogens (tertiary/aromatic N) is 3. The molecule has 0 saturated carbocycles. The third-order valence-corrected chi connectivity index (χ3v) is 9.16. The molecule has 0 aromatic carbocycles. The van der Waals surface area contributed by atoms with E-state index in [2.05, 4.69) is 20.3 Å². The van der Waals surface area contributed by atoms with Gasteiger partial charge in [0.1, 0.15) is 24.2 Å². The largest absolute Gasteiger partial charge is 0.387 e. The van der Waals surface area contributed by atoms with E-state index in [9.17, 15) is 38.7 Å². The van der Waals surface area contributed by atoms with E-state index in [0.717, 1.165) is 10.9 Å². The van der Waals surface area contributed by atoms with Crippen molar-refractivity contribution >= 4 is 49.8 Å². The van der Waals surface area contributed by atoms with Crippen LogP contribution >= 0.6 is 26.8 Å². The molecule has 2 aromatic heterocycles. The molecule has 0 bridgehead atoms. The molecule has 202 valence electrons. The third kappa shape index (κ3) is 7.10. The van der Waals surface area contributed by atoms with E-state index in [1.54, 1.807) is 0 Å². The molecule has 6 atom stereocenters. The number of hydrogen-bond donors (Lipinski definition) is 7. The van der Waals surface area contributed by atoms with Crippen LogP contribution in [0, 0.1) is 0 Å². The molecule has 0 spiro atoms. The Morgan fingerprint density at radius 2 is 1.97 bits per heavy atom. The number of rotatable bonds is 12. The summed E-state index contributed by atoms with van der Waals surface area (Å²) in [6.07, 6.45) is -4.56. The van der Waals surface area contributed by atoms with E-state index in [1.807, 2.05) is 0 Å². The van der Waals surface area contributed by atoms with Crippen LogP contribution in [0.3, 0.4) is 0 Å². The van der Waals surface area contributed by atoms with Gasteiger partial charge in [0.2, 0.25) is 11.9 Å². The van der Waals surface area contributed by atoms with Crippen LogP contribution in [0.1, 0.15) is 12.6 Å². The van der Waals surface area contributed by atoms with Crippen molar-refractivity contribution in [2.45, 2.75) is 31.0 Å². The summed E-state index contributed by atoms with van der Waals surface area (Å²) < 4.78 is 40.7. The van der Waals surface area contributed by atoms with Gasteiger partial charge in [0.15, 0.2) is 23.3 Å². The van der Waals surface area contributed by atoms with E-state index in [1.165, 1.54) is 0 Å². The second-order valence-corrected chi connectivity index (χ2v) is 12.2. The molecule has 8 N–H and O–H groups in total. The molecule has 1 aliphatic rings. The van der Waals surface area contributed by atoms with Crippen LogP contribution in [0.2, 0.25) is 0 Å². The number of fused-ring (bicyclic) bond motifs is 1. The first-order valence-electron chi connectivity index (χ1n) is 10.3. The summed E-state index contributed by atoms with van der Waals surface area (Å²) in [4.78, 5) is 52.9. The van der Waals surface area contributed by atoms with Crippen LogP contribution in [0.4, 0.5) is 5.95 Å². The number of halogens is 1. The van der Waals surface area contributed by atoms with Crippen molar-refractivity contribution in [1.82, 2.24) is 24.8 Å². The third-order valence-electron chi connectivity index (χ3n) is 4.92. The smallest absolute Gasteiger partial charge is 0.340 e. The lowest BCUT2D eigenvalue weighted by Gasteiger charge is -2.19. The predicted molar refractivity (Wildman–Crippen MR) is 123 cm³/mol. The Labute approximate surface area is 207 Å². The van der Waals surface area contributed by atoms with E-state index >= 15 is 0 Å². The minimum Gasteiger partial charge on any atom is -0.387 e. The zero-order chi connectivity index (χ0) is 26.7. The van der Waals surface area contributed by atoms with Crippen molar-refractivity contribution in [3.05, 3.63) is 16.7 Å². The molecular formula is C16H25ClN6O11P2. The van der Waals surface area contributed by atoms with Gasteiger partial charge in [-0.3, -0.25) is 28.3 Å². The summed E-state index contributed by atoms with van der Waals surface area (Å²) in [6.45, 7) is -0.924. The van der Waals surface area contributed by atoms with E-state index in [0.29, 0.717) is 0 Å². The van der Waals surface area contributed by atoms with Gasteiger partial charge in [0.05, 0.1) is 19.5 Å². The highest BCUT2D eigenvalue weighted by Crippen LogP contribution is 2.58. The zero-order valence-corrected chi connectivity index (χ0v) is 21.0. The summed E-state index contributed by atoms with van der Waals surface area (Å²) in [5, 5.41) is 23.1. The minimum absolute atomic E-state index is 0.0394. The SMILES string of the molecule is Nc1nc2c(ncn2[C@@H]2O[C@H](COP(=O)(O)CP(=O)(O)OCCCNC(=O)CCl)[C@@H](O)[C@H]2O)c(=O)[nH]1. The fourth-order valence-corrected chi connectivity index (χ4v) is 6.63. The number of aliphatic hydroxyl groups is 2. The number of carbonyl (C=O) groups excluding carboxylic acids is 1. The van der Waals surface area contributed by atoms with Crippen LogP contribution in [-0.2, 0) is 27.7 Å². The van der Waals surface area contributed by atoms with Crippen LogP contribution in [0.25, 0.3) is 11.2 Å². The van der Waals surface area contributed by atoms with Gasteiger partial charge >= 0.3 is 15.2 Å². The number of aliphatic hydroxyl groups excluding tert-OH is 2. The van der Waals surface area contributed by atoms with Crippen LogP contribution in [0.5, 0.6) is 0 Å². The number of carbonyl (C=O) groups is 1. The van der Waals surface area contributed by atoms with Crippen LogP contribution in [0.15, 0.2) is 11.1 Å². The number of nitrogen functional groups attached to an aromatic ring is 1. The molecule has 2 aromatic rings. The number of nitrogens with one attached hydrogen (secondary N) is 2. The molecule has 3 heterocycles. The van der Waals surface area contributed by atoms with Crippen LogP contribution < -0.4 is 16.6 Å². The molecule has 1 saturated heterocycles. The van der Waals surface area contributed by atoms with Crippen molar-refractivity contribution in [3.63, 3.8) is 0 Å². The maximum atomic E-state index is 12.3.